The average molecular weight is 790 g/mol. The number of methoxy groups -OCH3 is 2. The van der Waals surface area contributed by atoms with Crippen LogP contribution in [0.1, 0.15) is 48.6 Å². The van der Waals surface area contributed by atoms with Crippen molar-refractivity contribution < 1.29 is 34.0 Å². The van der Waals surface area contributed by atoms with Crippen LogP contribution in [0.25, 0.3) is 0 Å². The number of aryl methyl sites for hydroxylation is 1. The molecule has 1 saturated heterocycles. The average Bonchev–Trinajstić information content (AvgIpc) is 3.88. The Morgan fingerprint density at radius 1 is 0.982 bits per heavy atom. The zero-order valence-corrected chi connectivity index (χ0v) is 34.3. The van der Waals surface area contributed by atoms with Crippen LogP contribution >= 0.6 is 0 Å². The summed E-state index contributed by atoms with van der Waals surface area (Å²) < 4.78 is 20.4. The van der Waals surface area contributed by atoms with Gasteiger partial charge in [-0.05, 0) is 72.5 Å². The lowest BCUT2D eigenvalue weighted by Gasteiger charge is -2.37. The van der Waals surface area contributed by atoms with E-state index in [9.17, 15) is 15.0 Å². The predicted octanol–water partition coefficient (Wildman–Crippen LogP) is 5.59. The normalized spacial score (nSPS) is 21.4. The van der Waals surface area contributed by atoms with Crippen LogP contribution in [-0.2, 0) is 33.0 Å². The molecule has 0 aliphatic carbocycles. The topological polar surface area (TPSA) is 148 Å². The number of benzene rings is 4. The number of carbonyl (C=O) groups excluding carboxylic acids is 2. The number of aliphatic hydroxyl groups is 2. The van der Waals surface area contributed by atoms with Gasteiger partial charge in [0.15, 0.2) is 5.60 Å². The van der Waals surface area contributed by atoms with E-state index in [1.165, 1.54) is 12.1 Å². The quantitative estimate of drug-likeness (QED) is 0.123. The van der Waals surface area contributed by atoms with Gasteiger partial charge in [0.25, 0.3) is 11.8 Å². The first-order valence-electron chi connectivity index (χ1n) is 19.4. The standard InChI is InChI=1S/C44H51N5O7Si/c1-28-41(57(5,6)35-19-16-33(54-3)17-20-35)40(22-23-48-26-38(46-47-48)36(27-50)31-10-8-7-9-11-31)56-44(28)37-24-34(55-4)18-21-39(37)49(43(44)53)25-30-12-14-32(15-13-30)45-42(52)29(2)51/h7-21,24,26,28-29,36,40-41,50-51H,22-23,25,27H2,1-6H3,(H,45,52)/t28-,29+,36?,40+,41-,44+/m1/s1. The van der Waals surface area contributed by atoms with Crippen molar-refractivity contribution in [1.29, 1.82) is 0 Å². The molecular formula is C44H51N5O7Si. The van der Waals surface area contributed by atoms with Crippen molar-refractivity contribution in [3.05, 3.63) is 126 Å². The second-order valence-electron chi connectivity index (χ2n) is 15.6. The van der Waals surface area contributed by atoms with Crippen molar-refractivity contribution in [3.63, 3.8) is 0 Å². The summed E-state index contributed by atoms with van der Waals surface area (Å²) in [5.41, 5.74) is 3.32. The molecule has 13 heteroatoms. The van der Waals surface area contributed by atoms with Crippen LogP contribution in [-0.4, -0.2) is 78.1 Å². The molecule has 7 rings (SSSR count). The Labute approximate surface area is 334 Å². The van der Waals surface area contributed by atoms with Crippen LogP contribution in [0.3, 0.4) is 0 Å². The molecule has 0 saturated carbocycles. The molecule has 4 aromatic carbocycles. The highest BCUT2D eigenvalue weighted by Crippen LogP contribution is 2.60. The van der Waals surface area contributed by atoms with E-state index in [1.54, 1.807) is 31.3 Å². The zero-order chi connectivity index (χ0) is 40.5. The number of hydrogen-bond donors (Lipinski definition) is 3. The minimum Gasteiger partial charge on any atom is -0.497 e. The first-order valence-corrected chi connectivity index (χ1v) is 22.5. The third-order valence-electron chi connectivity index (χ3n) is 11.9. The fraction of sp³-hybridized carbons (Fsp3) is 0.364. The number of amides is 2. The van der Waals surface area contributed by atoms with Gasteiger partial charge in [-0.1, -0.05) is 85.0 Å². The van der Waals surface area contributed by atoms with Crippen molar-refractivity contribution in [2.45, 2.75) is 75.7 Å². The zero-order valence-electron chi connectivity index (χ0n) is 33.3. The molecule has 6 atom stereocenters. The van der Waals surface area contributed by atoms with E-state index in [0.717, 1.165) is 28.1 Å². The lowest BCUT2D eigenvalue weighted by atomic mass is 9.82. The predicted molar refractivity (Wildman–Crippen MR) is 221 cm³/mol. The van der Waals surface area contributed by atoms with E-state index in [0.29, 0.717) is 30.1 Å². The van der Waals surface area contributed by atoms with Crippen LogP contribution < -0.4 is 24.9 Å². The Morgan fingerprint density at radius 2 is 1.67 bits per heavy atom. The number of hydrogen-bond acceptors (Lipinski definition) is 9. The summed E-state index contributed by atoms with van der Waals surface area (Å²) >= 11 is 0. The molecule has 1 spiro atoms. The van der Waals surface area contributed by atoms with Crippen molar-refractivity contribution in [3.8, 4) is 11.5 Å². The van der Waals surface area contributed by atoms with Crippen LogP contribution in [0.2, 0.25) is 18.6 Å². The van der Waals surface area contributed by atoms with Crippen LogP contribution in [0.15, 0.2) is 103 Å². The van der Waals surface area contributed by atoms with Crippen LogP contribution in [0, 0.1) is 5.92 Å². The Morgan fingerprint density at radius 3 is 2.32 bits per heavy atom. The summed E-state index contributed by atoms with van der Waals surface area (Å²) in [6.45, 7) is 8.97. The third kappa shape index (κ3) is 7.48. The molecule has 2 aliphatic heterocycles. The summed E-state index contributed by atoms with van der Waals surface area (Å²) in [5, 5.41) is 32.8. The van der Waals surface area contributed by atoms with Gasteiger partial charge in [-0.3, -0.25) is 14.3 Å². The summed E-state index contributed by atoms with van der Waals surface area (Å²) in [6, 6.07) is 31.1. The minimum absolute atomic E-state index is 0.00292. The SMILES string of the molecule is COc1ccc([Si](C)(C)[C@H]2[C@H](CCn3cc(C(CO)c4ccccc4)nn3)O[C@@]3(C(=O)N(Cc4ccc(NC(=O)[C@H](C)O)cc4)c4ccc(OC)cc43)[C@@H]2C)cc1. The molecule has 12 nitrogen and oxygen atoms in total. The molecule has 0 bridgehead atoms. The van der Waals surface area contributed by atoms with Gasteiger partial charge in [0.05, 0.1) is 58.8 Å². The molecule has 1 unspecified atom stereocenters. The van der Waals surface area contributed by atoms with Crippen LogP contribution in [0.4, 0.5) is 11.4 Å². The number of fused-ring (bicyclic) bond motifs is 2. The minimum atomic E-state index is -2.41. The maximum absolute atomic E-state index is 15.3. The number of aliphatic hydroxyl groups excluding tert-OH is 2. The highest BCUT2D eigenvalue weighted by Gasteiger charge is 2.66. The monoisotopic (exact) mass is 789 g/mol. The number of carbonyl (C=O) groups is 2. The highest BCUT2D eigenvalue weighted by molar-refractivity contribution is 6.91. The Bertz CT molecular complexity index is 2190. The van der Waals surface area contributed by atoms with Gasteiger partial charge in [-0.15, -0.1) is 5.10 Å². The van der Waals surface area contributed by atoms with Gasteiger partial charge >= 0.3 is 0 Å². The number of nitrogens with one attached hydrogen (secondary N) is 1. The number of rotatable bonds is 14. The van der Waals surface area contributed by atoms with Gasteiger partial charge in [0, 0.05) is 29.9 Å². The fourth-order valence-corrected chi connectivity index (χ4v) is 12.9. The molecule has 3 N–H and O–H groups in total. The van der Waals surface area contributed by atoms with Gasteiger partial charge in [-0.25, -0.2) is 0 Å². The Hall–Kier alpha value is -5.34. The van der Waals surface area contributed by atoms with Crippen LogP contribution in [0.5, 0.6) is 11.5 Å². The lowest BCUT2D eigenvalue weighted by Crippen LogP contribution is -2.51. The van der Waals surface area contributed by atoms with Gasteiger partial charge in [-0.2, -0.15) is 0 Å². The second-order valence-corrected chi connectivity index (χ2v) is 20.3. The molecule has 298 valence electrons. The molecule has 57 heavy (non-hydrogen) atoms. The van der Waals surface area contributed by atoms with E-state index in [4.69, 9.17) is 14.2 Å². The molecular weight excluding hydrogens is 739 g/mol. The summed E-state index contributed by atoms with van der Waals surface area (Å²) in [7, 11) is 0.871. The summed E-state index contributed by atoms with van der Waals surface area (Å²) in [5.74, 6) is 0.269. The molecule has 2 aliphatic rings. The smallest absolute Gasteiger partial charge is 0.264 e. The third-order valence-corrected chi connectivity index (χ3v) is 16.3. The molecule has 5 aromatic rings. The maximum atomic E-state index is 15.3. The lowest BCUT2D eigenvalue weighted by molar-refractivity contribution is -0.146. The van der Waals surface area contributed by atoms with E-state index in [1.807, 2.05) is 83.7 Å². The van der Waals surface area contributed by atoms with Gasteiger partial charge in [0.2, 0.25) is 0 Å². The molecule has 0 radical (unpaired) electrons. The van der Waals surface area contributed by atoms with Gasteiger partial charge in [0.1, 0.15) is 17.6 Å². The first-order chi connectivity index (χ1) is 27.4. The van der Waals surface area contributed by atoms with Crippen molar-refractivity contribution in [1.82, 2.24) is 15.0 Å². The summed E-state index contributed by atoms with van der Waals surface area (Å²) in [6.07, 6.45) is 1.02. The Balaban J connectivity index is 1.24. The first kappa shape index (κ1) is 39.9. The second kappa shape index (κ2) is 16.3. The number of anilines is 2. The van der Waals surface area contributed by atoms with E-state index in [2.05, 4.69) is 47.8 Å². The molecule has 1 fully saturated rings. The summed E-state index contributed by atoms with van der Waals surface area (Å²) in [4.78, 5) is 29.2. The number of ether oxygens (including phenoxy) is 3. The van der Waals surface area contributed by atoms with Crippen molar-refractivity contribution in [2.24, 2.45) is 5.92 Å². The maximum Gasteiger partial charge on any atom is 0.264 e. The van der Waals surface area contributed by atoms with Crippen molar-refractivity contribution in [2.75, 3.05) is 31.0 Å². The van der Waals surface area contributed by atoms with E-state index in [-0.39, 0.29) is 42.5 Å². The molecule has 1 aromatic heterocycles. The largest absolute Gasteiger partial charge is 0.497 e. The fourth-order valence-electron chi connectivity index (χ4n) is 8.87. The highest BCUT2D eigenvalue weighted by atomic mass is 28.3. The Kier molecular flexibility index (Phi) is 11.4. The molecule has 3 heterocycles. The molecule has 2 amide bonds. The van der Waals surface area contributed by atoms with E-state index < -0.39 is 25.7 Å². The number of aromatic nitrogens is 3. The van der Waals surface area contributed by atoms with E-state index >= 15 is 4.79 Å². The van der Waals surface area contributed by atoms with Gasteiger partial charge < -0.3 is 34.6 Å². The number of nitrogens with zero attached hydrogens (tertiary/aromatic N) is 4. The van der Waals surface area contributed by atoms with Crippen molar-refractivity contribution >= 4 is 36.4 Å².